The van der Waals surface area contributed by atoms with Gasteiger partial charge in [-0.3, -0.25) is 9.89 Å². The fourth-order valence-corrected chi connectivity index (χ4v) is 1.98. The number of aryl methyl sites for hydroxylation is 1. The lowest BCUT2D eigenvalue weighted by Gasteiger charge is -2.13. The maximum Gasteiger partial charge on any atom is 0.217 e. The van der Waals surface area contributed by atoms with E-state index in [2.05, 4.69) is 15.5 Å². The minimum atomic E-state index is -0.0164. The highest BCUT2D eigenvalue weighted by molar-refractivity contribution is 5.73. The zero-order valence-electron chi connectivity index (χ0n) is 10.8. The summed E-state index contributed by atoms with van der Waals surface area (Å²) in [6.45, 7) is 5.50. The lowest BCUT2D eigenvalue weighted by Crippen LogP contribution is -2.23. The molecule has 0 aliphatic rings. The molecule has 1 aromatic heterocycles. The SMILES string of the molecule is CC(=O)N[C@H](C)c1ccc(-c2cn[nH]c2C)cc1. The Kier molecular flexibility index (Phi) is 3.46. The molecule has 0 saturated heterocycles. The largest absolute Gasteiger partial charge is 0.350 e. The van der Waals surface area contributed by atoms with E-state index in [0.29, 0.717) is 0 Å². The number of amides is 1. The van der Waals surface area contributed by atoms with Crippen molar-refractivity contribution in [3.05, 3.63) is 41.7 Å². The highest BCUT2D eigenvalue weighted by Crippen LogP contribution is 2.23. The van der Waals surface area contributed by atoms with Gasteiger partial charge in [-0.15, -0.1) is 0 Å². The van der Waals surface area contributed by atoms with Crippen molar-refractivity contribution in [3.8, 4) is 11.1 Å². The molecule has 0 aliphatic heterocycles. The second kappa shape index (κ2) is 5.04. The van der Waals surface area contributed by atoms with Gasteiger partial charge in [0.15, 0.2) is 0 Å². The molecule has 4 nitrogen and oxygen atoms in total. The van der Waals surface area contributed by atoms with Gasteiger partial charge in [-0.05, 0) is 25.0 Å². The maximum atomic E-state index is 11.0. The first-order chi connectivity index (χ1) is 8.58. The molecule has 0 saturated carbocycles. The van der Waals surface area contributed by atoms with Crippen LogP contribution in [0, 0.1) is 6.92 Å². The summed E-state index contributed by atoms with van der Waals surface area (Å²) in [5.74, 6) is -0.0164. The van der Waals surface area contributed by atoms with Crippen LogP contribution >= 0.6 is 0 Å². The van der Waals surface area contributed by atoms with Crippen molar-refractivity contribution < 1.29 is 4.79 Å². The van der Waals surface area contributed by atoms with Crippen LogP contribution < -0.4 is 5.32 Å². The number of aromatic amines is 1. The van der Waals surface area contributed by atoms with Crippen LogP contribution in [0.15, 0.2) is 30.5 Å². The Labute approximate surface area is 106 Å². The van der Waals surface area contributed by atoms with Crippen LogP contribution in [0.1, 0.15) is 31.1 Å². The first-order valence-electron chi connectivity index (χ1n) is 5.95. The van der Waals surface area contributed by atoms with Crippen molar-refractivity contribution in [1.82, 2.24) is 15.5 Å². The second-order valence-corrected chi connectivity index (χ2v) is 4.45. The molecular formula is C14H17N3O. The summed E-state index contributed by atoms with van der Waals surface area (Å²) in [4.78, 5) is 11.0. The van der Waals surface area contributed by atoms with E-state index in [1.165, 1.54) is 6.92 Å². The van der Waals surface area contributed by atoms with Crippen LogP contribution in [0.3, 0.4) is 0 Å². The third-order valence-electron chi connectivity index (χ3n) is 2.97. The molecule has 2 aromatic rings. The van der Waals surface area contributed by atoms with Crippen LogP contribution in [0.4, 0.5) is 0 Å². The van der Waals surface area contributed by atoms with Gasteiger partial charge in [-0.1, -0.05) is 24.3 Å². The minimum Gasteiger partial charge on any atom is -0.350 e. The Morgan fingerprint density at radius 2 is 2.00 bits per heavy atom. The van der Waals surface area contributed by atoms with Gasteiger partial charge >= 0.3 is 0 Å². The number of nitrogens with zero attached hydrogens (tertiary/aromatic N) is 1. The molecule has 1 aromatic carbocycles. The Morgan fingerprint density at radius 3 is 2.50 bits per heavy atom. The normalized spacial score (nSPS) is 12.2. The van der Waals surface area contributed by atoms with E-state index in [9.17, 15) is 4.79 Å². The number of rotatable bonds is 3. The number of H-pyrrole nitrogens is 1. The van der Waals surface area contributed by atoms with Gasteiger partial charge in [0.05, 0.1) is 12.2 Å². The topological polar surface area (TPSA) is 57.8 Å². The molecule has 1 atom stereocenters. The predicted molar refractivity (Wildman–Crippen MR) is 71.0 cm³/mol. The molecule has 18 heavy (non-hydrogen) atoms. The molecule has 0 unspecified atom stereocenters. The third-order valence-corrected chi connectivity index (χ3v) is 2.97. The van der Waals surface area contributed by atoms with Crippen LogP contribution in [0.2, 0.25) is 0 Å². The third kappa shape index (κ3) is 2.59. The first kappa shape index (κ1) is 12.4. The Morgan fingerprint density at radius 1 is 1.33 bits per heavy atom. The fraction of sp³-hybridized carbons (Fsp3) is 0.286. The zero-order valence-corrected chi connectivity index (χ0v) is 10.8. The monoisotopic (exact) mass is 243 g/mol. The van der Waals surface area contributed by atoms with Crippen molar-refractivity contribution in [1.29, 1.82) is 0 Å². The van der Waals surface area contributed by atoms with Crippen molar-refractivity contribution in [2.45, 2.75) is 26.8 Å². The van der Waals surface area contributed by atoms with Gasteiger partial charge in [0.25, 0.3) is 0 Å². The molecule has 0 fully saturated rings. The number of aromatic nitrogens is 2. The highest BCUT2D eigenvalue weighted by atomic mass is 16.1. The number of carbonyl (C=O) groups excluding carboxylic acids is 1. The van der Waals surface area contributed by atoms with E-state index < -0.39 is 0 Å². The van der Waals surface area contributed by atoms with E-state index >= 15 is 0 Å². The quantitative estimate of drug-likeness (QED) is 0.870. The second-order valence-electron chi connectivity index (χ2n) is 4.45. The Bertz CT molecular complexity index is 542. The molecule has 0 aliphatic carbocycles. The van der Waals surface area contributed by atoms with Crippen molar-refractivity contribution in [2.75, 3.05) is 0 Å². The van der Waals surface area contributed by atoms with Gasteiger partial charge in [0, 0.05) is 18.2 Å². The average molecular weight is 243 g/mol. The molecule has 2 rings (SSSR count). The molecule has 0 bridgehead atoms. The van der Waals surface area contributed by atoms with E-state index in [1.54, 1.807) is 0 Å². The molecular weight excluding hydrogens is 226 g/mol. The van der Waals surface area contributed by atoms with E-state index in [4.69, 9.17) is 0 Å². The molecule has 1 heterocycles. The summed E-state index contributed by atoms with van der Waals surface area (Å²) in [5.41, 5.74) is 4.38. The molecule has 2 N–H and O–H groups in total. The number of benzene rings is 1. The van der Waals surface area contributed by atoms with Crippen LogP contribution in [0.25, 0.3) is 11.1 Å². The molecule has 0 spiro atoms. The summed E-state index contributed by atoms with van der Waals surface area (Å²) < 4.78 is 0. The van der Waals surface area contributed by atoms with Gasteiger partial charge in [0.1, 0.15) is 0 Å². The lowest BCUT2D eigenvalue weighted by atomic mass is 10.0. The van der Waals surface area contributed by atoms with Gasteiger partial charge in [-0.25, -0.2) is 0 Å². The highest BCUT2D eigenvalue weighted by Gasteiger charge is 2.08. The average Bonchev–Trinajstić information content (AvgIpc) is 2.75. The summed E-state index contributed by atoms with van der Waals surface area (Å²) in [7, 11) is 0. The minimum absolute atomic E-state index is 0.0164. The molecule has 0 radical (unpaired) electrons. The van der Waals surface area contributed by atoms with Crippen LogP contribution in [-0.4, -0.2) is 16.1 Å². The van der Waals surface area contributed by atoms with Crippen molar-refractivity contribution >= 4 is 5.91 Å². The Balaban J connectivity index is 2.20. The Hall–Kier alpha value is -2.10. The molecule has 94 valence electrons. The summed E-state index contributed by atoms with van der Waals surface area (Å²) in [6.07, 6.45) is 1.82. The van der Waals surface area contributed by atoms with Crippen LogP contribution in [-0.2, 0) is 4.79 Å². The van der Waals surface area contributed by atoms with E-state index in [0.717, 1.165) is 22.4 Å². The zero-order chi connectivity index (χ0) is 13.1. The first-order valence-corrected chi connectivity index (χ1v) is 5.95. The number of carbonyl (C=O) groups is 1. The number of hydrogen-bond donors (Lipinski definition) is 2. The number of nitrogens with one attached hydrogen (secondary N) is 2. The van der Waals surface area contributed by atoms with Gasteiger partial charge < -0.3 is 5.32 Å². The predicted octanol–water partition coefficient (Wildman–Crippen LogP) is 2.58. The van der Waals surface area contributed by atoms with Crippen LogP contribution in [0.5, 0.6) is 0 Å². The molecule has 4 heteroatoms. The number of hydrogen-bond acceptors (Lipinski definition) is 2. The van der Waals surface area contributed by atoms with E-state index in [-0.39, 0.29) is 11.9 Å². The smallest absolute Gasteiger partial charge is 0.217 e. The summed E-state index contributed by atoms with van der Waals surface area (Å²) >= 11 is 0. The standard InChI is InChI=1S/C14H17N3O/c1-9(16-11(3)18)12-4-6-13(7-5-12)14-8-15-17-10(14)2/h4-9H,1-3H3,(H,15,17)(H,16,18)/t9-/m1/s1. The van der Waals surface area contributed by atoms with Gasteiger partial charge in [0.2, 0.25) is 5.91 Å². The van der Waals surface area contributed by atoms with Crippen molar-refractivity contribution in [3.63, 3.8) is 0 Å². The maximum absolute atomic E-state index is 11.0. The lowest BCUT2D eigenvalue weighted by molar-refractivity contribution is -0.119. The summed E-state index contributed by atoms with van der Waals surface area (Å²) in [6, 6.07) is 8.18. The van der Waals surface area contributed by atoms with Gasteiger partial charge in [-0.2, -0.15) is 5.10 Å². The summed E-state index contributed by atoms with van der Waals surface area (Å²) in [5, 5.41) is 9.80. The molecule has 1 amide bonds. The fourth-order valence-electron chi connectivity index (χ4n) is 1.98. The van der Waals surface area contributed by atoms with Crippen molar-refractivity contribution in [2.24, 2.45) is 0 Å². The van der Waals surface area contributed by atoms with E-state index in [1.807, 2.05) is 44.3 Å².